The molecule has 1 aliphatic carbocycles. The average molecular weight is 403 g/mol. The van der Waals surface area contributed by atoms with Crippen molar-refractivity contribution in [2.45, 2.75) is 29.8 Å². The maximum Gasteiger partial charge on any atom is 0.245 e. The van der Waals surface area contributed by atoms with Crippen molar-refractivity contribution in [1.29, 1.82) is 0 Å². The van der Waals surface area contributed by atoms with Crippen molar-refractivity contribution in [3.63, 3.8) is 0 Å². The fourth-order valence-corrected chi connectivity index (χ4v) is 6.53. The van der Waals surface area contributed by atoms with E-state index in [-0.39, 0.29) is 28.8 Å². The Bertz CT molecular complexity index is 1140. The average Bonchev–Trinajstić information content (AvgIpc) is 3.40. The highest BCUT2D eigenvalue weighted by Gasteiger charge is 2.53. The molecule has 2 aliphatic rings. The maximum atomic E-state index is 13.4. The van der Waals surface area contributed by atoms with Gasteiger partial charge in [0.25, 0.3) is 0 Å². The summed E-state index contributed by atoms with van der Waals surface area (Å²) in [4.78, 5) is 4.45. The van der Waals surface area contributed by atoms with Crippen molar-refractivity contribution in [2.75, 3.05) is 13.1 Å². The second-order valence-corrected chi connectivity index (χ2v) is 9.66. The predicted octanol–water partition coefficient (Wildman–Crippen LogP) is 1.26. The summed E-state index contributed by atoms with van der Waals surface area (Å²) >= 11 is 0. The van der Waals surface area contributed by atoms with Crippen LogP contribution in [-0.4, -0.2) is 50.8 Å². The van der Waals surface area contributed by atoms with Crippen LogP contribution < -0.4 is 0 Å². The van der Waals surface area contributed by atoms with Crippen LogP contribution in [-0.2, 0) is 22.7 Å². The van der Waals surface area contributed by atoms with E-state index in [1.165, 1.54) is 10.4 Å². The topological polar surface area (TPSA) is 114 Å². The van der Waals surface area contributed by atoms with Crippen LogP contribution in [0.2, 0.25) is 0 Å². The SMILES string of the molecule is Cn1ccnc1[C@]1(O)CCC[C@H]2CN(S(=O)(=O)c3cccc4nonc34)C[C@H]21. The zero-order valence-corrected chi connectivity index (χ0v) is 16.2. The molecule has 3 atom stereocenters. The molecule has 0 amide bonds. The van der Waals surface area contributed by atoms with Gasteiger partial charge >= 0.3 is 0 Å². The van der Waals surface area contributed by atoms with Crippen molar-refractivity contribution in [3.8, 4) is 0 Å². The number of aromatic nitrogens is 4. The van der Waals surface area contributed by atoms with Gasteiger partial charge in [-0.2, -0.15) is 4.31 Å². The van der Waals surface area contributed by atoms with Crippen LogP contribution in [0.15, 0.2) is 40.1 Å². The first-order chi connectivity index (χ1) is 13.4. The van der Waals surface area contributed by atoms with E-state index in [0.717, 1.165) is 12.8 Å². The fraction of sp³-hybridized carbons (Fsp3) is 0.500. The number of fused-ring (bicyclic) bond motifs is 2. The lowest BCUT2D eigenvalue weighted by Crippen LogP contribution is -2.44. The predicted molar refractivity (Wildman–Crippen MR) is 98.5 cm³/mol. The summed E-state index contributed by atoms with van der Waals surface area (Å²) in [6, 6.07) is 4.82. The zero-order valence-electron chi connectivity index (χ0n) is 15.4. The number of sulfonamides is 1. The lowest BCUT2D eigenvalue weighted by Gasteiger charge is -2.40. The molecule has 1 saturated carbocycles. The van der Waals surface area contributed by atoms with Gasteiger partial charge in [-0.1, -0.05) is 6.07 Å². The summed E-state index contributed by atoms with van der Waals surface area (Å²) in [7, 11) is -1.94. The van der Waals surface area contributed by atoms with Crippen molar-refractivity contribution in [3.05, 3.63) is 36.4 Å². The second kappa shape index (κ2) is 6.10. The van der Waals surface area contributed by atoms with Crippen LogP contribution >= 0.6 is 0 Å². The number of imidazole rings is 1. The summed E-state index contributed by atoms with van der Waals surface area (Å²) in [5.74, 6) is 0.482. The Hall–Kier alpha value is -2.30. The number of nitrogens with zero attached hydrogens (tertiary/aromatic N) is 5. The number of hydrogen-bond donors (Lipinski definition) is 1. The fourth-order valence-electron chi connectivity index (χ4n) is 4.87. The molecular formula is C18H21N5O4S. The van der Waals surface area contributed by atoms with E-state index in [9.17, 15) is 13.5 Å². The van der Waals surface area contributed by atoms with Gasteiger partial charge < -0.3 is 9.67 Å². The van der Waals surface area contributed by atoms with Crippen molar-refractivity contribution >= 4 is 21.1 Å². The first kappa shape index (κ1) is 17.8. The minimum atomic E-state index is -3.79. The van der Waals surface area contributed by atoms with E-state index in [1.54, 1.807) is 24.5 Å². The van der Waals surface area contributed by atoms with Crippen LogP contribution in [0.4, 0.5) is 0 Å². The Morgan fingerprint density at radius 1 is 1.29 bits per heavy atom. The van der Waals surface area contributed by atoms with Gasteiger partial charge in [-0.05, 0) is 47.6 Å². The molecule has 0 bridgehead atoms. The Morgan fingerprint density at radius 3 is 2.93 bits per heavy atom. The molecule has 1 aromatic carbocycles. The lowest BCUT2D eigenvalue weighted by molar-refractivity contribution is -0.0728. The Morgan fingerprint density at radius 2 is 2.14 bits per heavy atom. The van der Waals surface area contributed by atoms with Crippen LogP contribution in [0.25, 0.3) is 11.0 Å². The molecule has 1 N–H and O–H groups in total. The Labute approximate surface area is 162 Å². The molecule has 2 fully saturated rings. The van der Waals surface area contributed by atoms with Gasteiger partial charge in [0.1, 0.15) is 21.8 Å². The molecule has 148 valence electrons. The molecule has 0 radical (unpaired) electrons. The third kappa shape index (κ3) is 2.44. The normalized spacial score (nSPS) is 28.6. The third-order valence-corrected chi connectivity index (χ3v) is 8.09. The second-order valence-electron chi connectivity index (χ2n) is 7.75. The molecule has 3 heterocycles. The molecule has 3 aromatic rings. The summed E-state index contributed by atoms with van der Waals surface area (Å²) in [6.45, 7) is 0.624. The molecule has 9 nitrogen and oxygen atoms in total. The van der Waals surface area contributed by atoms with Gasteiger partial charge in [0.15, 0.2) is 5.52 Å². The maximum absolute atomic E-state index is 13.4. The van der Waals surface area contributed by atoms with Crippen LogP contribution in [0.1, 0.15) is 25.1 Å². The first-order valence-corrected chi connectivity index (χ1v) is 10.8. The van der Waals surface area contributed by atoms with Crippen molar-refractivity contribution in [1.82, 2.24) is 24.2 Å². The highest BCUT2D eigenvalue weighted by atomic mass is 32.2. The molecule has 28 heavy (non-hydrogen) atoms. The molecule has 0 spiro atoms. The standard InChI is InChI=1S/C18H21N5O4S/c1-22-9-8-19-17(22)18(24)7-3-4-12-10-23(11-13(12)18)28(25,26)15-6-2-5-14-16(15)21-27-20-14/h2,5-6,8-9,12-13,24H,3-4,7,10-11H2,1H3/t12-,13+,18-/m0/s1. The minimum absolute atomic E-state index is 0.0832. The van der Waals surface area contributed by atoms with Gasteiger partial charge in [-0.15, -0.1) is 0 Å². The van der Waals surface area contributed by atoms with E-state index >= 15 is 0 Å². The smallest absolute Gasteiger partial charge is 0.245 e. The highest BCUT2D eigenvalue weighted by molar-refractivity contribution is 7.89. The number of aliphatic hydroxyl groups is 1. The molecule has 5 rings (SSSR count). The van der Waals surface area contributed by atoms with Gasteiger partial charge in [-0.25, -0.2) is 18.0 Å². The highest BCUT2D eigenvalue weighted by Crippen LogP contribution is 2.48. The van der Waals surface area contributed by atoms with Crippen LogP contribution in [0, 0.1) is 11.8 Å². The van der Waals surface area contributed by atoms with Gasteiger partial charge in [0, 0.05) is 38.4 Å². The molecule has 0 unspecified atom stereocenters. The van der Waals surface area contributed by atoms with E-state index in [4.69, 9.17) is 4.63 Å². The number of benzene rings is 1. The number of rotatable bonds is 3. The van der Waals surface area contributed by atoms with E-state index in [0.29, 0.717) is 24.3 Å². The summed E-state index contributed by atoms with van der Waals surface area (Å²) in [5, 5.41) is 19.0. The van der Waals surface area contributed by atoms with Crippen molar-refractivity contribution in [2.24, 2.45) is 18.9 Å². The Kier molecular flexibility index (Phi) is 3.87. The largest absolute Gasteiger partial charge is 0.382 e. The van der Waals surface area contributed by atoms with Crippen LogP contribution in [0.3, 0.4) is 0 Å². The van der Waals surface area contributed by atoms with E-state index in [2.05, 4.69) is 15.3 Å². The van der Waals surface area contributed by atoms with E-state index < -0.39 is 15.6 Å². The number of aryl methyl sites for hydroxylation is 1. The molecule has 10 heteroatoms. The van der Waals surface area contributed by atoms with Crippen LogP contribution in [0.5, 0.6) is 0 Å². The quantitative estimate of drug-likeness (QED) is 0.700. The Balaban J connectivity index is 1.52. The molecule has 1 aliphatic heterocycles. The molecule has 2 aromatic heterocycles. The summed E-state index contributed by atoms with van der Waals surface area (Å²) in [6.07, 6.45) is 5.77. The molecule has 1 saturated heterocycles. The van der Waals surface area contributed by atoms with E-state index in [1.807, 2.05) is 11.6 Å². The lowest BCUT2D eigenvalue weighted by atomic mass is 9.70. The van der Waals surface area contributed by atoms with Crippen molar-refractivity contribution < 1.29 is 18.2 Å². The summed E-state index contributed by atoms with van der Waals surface area (Å²) < 4.78 is 34.7. The first-order valence-electron chi connectivity index (χ1n) is 9.33. The number of hydrogen-bond acceptors (Lipinski definition) is 7. The molecular weight excluding hydrogens is 382 g/mol. The minimum Gasteiger partial charge on any atom is -0.382 e. The zero-order chi connectivity index (χ0) is 19.5. The van der Waals surface area contributed by atoms with Gasteiger partial charge in [0.05, 0.1) is 0 Å². The third-order valence-electron chi connectivity index (χ3n) is 6.23. The van der Waals surface area contributed by atoms with Gasteiger partial charge in [-0.3, -0.25) is 0 Å². The van der Waals surface area contributed by atoms with Gasteiger partial charge in [0.2, 0.25) is 10.0 Å². The monoisotopic (exact) mass is 403 g/mol. The summed E-state index contributed by atoms with van der Waals surface area (Å²) in [5.41, 5.74) is -0.494.